The summed E-state index contributed by atoms with van der Waals surface area (Å²) in [5, 5.41) is 16.0. The molecule has 4 aromatic rings. The highest BCUT2D eigenvalue weighted by Gasteiger charge is 2.16. The number of imidazole rings is 1. The van der Waals surface area contributed by atoms with E-state index in [4.69, 9.17) is 34.2 Å². The van der Waals surface area contributed by atoms with Crippen molar-refractivity contribution >= 4 is 40.9 Å². The van der Waals surface area contributed by atoms with E-state index in [1.807, 2.05) is 6.07 Å². The van der Waals surface area contributed by atoms with Crippen molar-refractivity contribution in [2.75, 3.05) is 29.5 Å². The number of nitriles is 1. The number of benzene rings is 1. The van der Waals surface area contributed by atoms with Gasteiger partial charge in [-0.15, -0.1) is 0 Å². The van der Waals surface area contributed by atoms with Crippen molar-refractivity contribution in [3.05, 3.63) is 58.6 Å². The lowest BCUT2D eigenvalue weighted by Crippen LogP contribution is -2.17. The number of aromatic amines is 1. The van der Waals surface area contributed by atoms with Gasteiger partial charge in [0.1, 0.15) is 23.3 Å². The maximum Gasteiger partial charge on any atom is 0.224 e. The Morgan fingerprint density at radius 1 is 1.00 bits per heavy atom. The Morgan fingerprint density at radius 2 is 1.75 bits per heavy atom. The minimum Gasteiger partial charge on any atom is -0.382 e. The Hall–Kier alpha value is -3.94. The molecule has 0 aliphatic rings. The van der Waals surface area contributed by atoms with Gasteiger partial charge in [-0.3, -0.25) is 0 Å². The Balaban J connectivity index is 1.51. The summed E-state index contributed by atoms with van der Waals surface area (Å²) in [6.45, 7) is 0.933. The zero-order valence-electron chi connectivity index (χ0n) is 16.5. The van der Waals surface area contributed by atoms with E-state index in [1.54, 1.807) is 36.8 Å². The maximum absolute atomic E-state index is 8.89. The van der Waals surface area contributed by atoms with Crippen LogP contribution in [0.1, 0.15) is 5.56 Å². The van der Waals surface area contributed by atoms with Gasteiger partial charge in [0, 0.05) is 42.3 Å². The van der Waals surface area contributed by atoms with Crippen LogP contribution in [-0.2, 0) is 0 Å². The molecule has 4 rings (SSSR count). The molecule has 3 aromatic heterocycles. The molecule has 0 radical (unpaired) electrons. The Bertz CT molecular complexity index is 1280. The summed E-state index contributed by atoms with van der Waals surface area (Å²) in [6.07, 6.45) is 6.42. The summed E-state index contributed by atoms with van der Waals surface area (Å²) in [5.74, 6) is 1.48. The number of nitrogens with zero attached hydrogens (tertiary/aromatic N) is 6. The Labute approximate surface area is 192 Å². The number of nitrogens with two attached hydrogens (primary N) is 1. The maximum atomic E-state index is 8.89. The first-order chi connectivity index (χ1) is 15.5. The minimum absolute atomic E-state index is 0.124. The predicted octanol–water partition coefficient (Wildman–Crippen LogP) is 3.61. The summed E-state index contributed by atoms with van der Waals surface area (Å²) in [6, 6.07) is 7.13. The molecule has 32 heavy (non-hydrogen) atoms. The first kappa shape index (κ1) is 21.3. The van der Waals surface area contributed by atoms with Crippen LogP contribution in [0.5, 0.6) is 0 Å². The number of halogens is 2. The predicted molar refractivity (Wildman–Crippen MR) is 123 cm³/mol. The SMILES string of the molecule is N#Cc1cnc(NCCNc2ncc(-c3ncc[nH]3)c(-c3ccc(Cl)cc3Cl)n2)nc1N. The van der Waals surface area contributed by atoms with E-state index in [2.05, 4.69) is 40.5 Å². The fourth-order valence-electron chi connectivity index (χ4n) is 2.85. The van der Waals surface area contributed by atoms with Crippen LogP contribution in [0.4, 0.5) is 17.7 Å². The van der Waals surface area contributed by atoms with Crippen molar-refractivity contribution in [3.8, 4) is 28.7 Å². The van der Waals surface area contributed by atoms with Crippen molar-refractivity contribution in [3.63, 3.8) is 0 Å². The van der Waals surface area contributed by atoms with Crippen LogP contribution in [0.3, 0.4) is 0 Å². The van der Waals surface area contributed by atoms with Gasteiger partial charge < -0.3 is 21.4 Å². The van der Waals surface area contributed by atoms with Crippen LogP contribution in [-0.4, -0.2) is 43.0 Å². The summed E-state index contributed by atoms with van der Waals surface area (Å²) >= 11 is 12.5. The minimum atomic E-state index is 0.124. The standard InChI is InChI=1S/C20H16Cl2N10/c21-12-1-2-13(15(22)7-12)16-14(18-25-3-4-26-18)10-30-19(31-16)27-5-6-28-20-29-9-11(8-23)17(24)32-20/h1-4,7,9-10H,5-6H2,(H,25,26)(H,27,30,31)(H3,24,28,29,32). The van der Waals surface area contributed by atoms with Gasteiger partial charge in [-0.25, -0.2) is 19.9 Å². The number of rotatable bonds is 7. The lowest BCUT2D eigenvalue weighted by Gasteiger charge is -2.12. The third-order valence-electron chi connectivity index (χ3n) is 4.36. The van der Waals surface area contributed by atoms with Crippen molar-refractivity contribution in [1.82, 2.24) is 29.9 Å². The molecule has 3 heterocycles. The summed E-state index contributed by atoms with van der Waals surface area (Å²) in [5.41, 5.74) is 7.93. The fourth-order valence-corrected chi connectivity index (χ4v) is 3.35. The molecule has 10 nitrogen and oxygen atoms in total. The van der Waals surface area contributed by atoms with Crippen LogP contribution in [0.25, 0.3) is 22.6 Å². The van der Waals surface area contributed by atoms with Gasteiger partial charge in [0.15, 0.2) is 0 Å². The van der Waals surface area contributed by atoms with Crippen molar-refractivity contribution in [2.45, 2.75) is 0 Å². The van der Waals surface area contributed by atoms with E-state index >= 15 is 0 Å². The molecule has 0 aliphatic heterocycles. The van der Waals surface area contributed by atoms with E-state index in [9.17, 15) is 0 Å². The number of anilines is 3. The molecule has 0 saturated carbocycles. The largest absolute Gasteiger partial charge is 0.382 e. The molecule has 0 unspecified atom stereocenters. The number of H-pyrrole nitrogens is 1. The third-order valence-corrected chi connectivity index (χ3v) is 4.91. The fraction of sp³-hybridized carbons (Fsp3) is 0.100. The van der Waals surface area contributed by atoms with Crippen LogP contribution < -0.4 is 16.4 Å². The van der Waals surface area contributed by atoms with Gasteiger partial charge in [0.2, 0.25) is 11.9 Å². The van der Waals surface area contributed by atoms with E-state index in [-0.39, 0.29) is 11.4 Å². The second kappa shape index (κ2) is 9.47. The zero-order valence-corrected chi connectivity index (χ0v) is 18.0. The van der Waals surface area contributed by atoms with Crippen molar-refractivity contribution < 1.29 is 0 Å². The summed E-state index contributed by atoms with van der Waals surface area (Å²) in [4.78, 5) is 24.5. The van der Waals surface area contributed by atoms with E-state index in [0.29, 0.717) is 57.7 Å². The second-order valence-electron chi connectivity index (χ2n) is 6.48. The molecule has 0 amide bonds. The molecule has 0 fully saturated rings. The van der Waals surface area contributed by atoms with Crippen LogP contribution in [0, 0.1) is 11.3 Å². The molecule has 1 aromatic carbocycles. The molecular formula is C20H16Cl2N10. The van der Waals surface area contributed by atoms with Gasteiger partial charge in [0.05, 0.1) is 22.5 Å². The third kappa shape index (κ3) is 4.69. The molecule has 0 saturated heterocycles. The van der Waals surface area contributed by atoms with Crippen LogP contribution in [0.2, 0.25) is 10.0 Å². The molecule has 0 atom stereocenters. The molecule has 160 valence electrons. The number of nitrogens with one attached hydrogen (secondary N) is 3. The smallest absolute Gasteiger partial charge is 0.224 e. The monoisotopic (exact) mass is 466 g/mol. The molecular weight excluding hydrogens is 451 g/mol. The highest BCUT2D eigenvalue weighted by molar-refractivity contribution is 6.36. The van der Waals surface area contributed by atoms with Gasteiger partial charge >= 0.3 is 0 Å². The second-order valence-corrected chi connectivity index (χ2v) is 7.32. The summed E-state index contributed by atoms with van der Waals surface area (Å²) in [7, 11) is 0. The number of hydrogen-bond donors (Lipinski definition) is 4. The van der Waals surface area contributed by atoms with Gasteiger partial charge in [0.25, 0.3) is 0 Å². The molecule has 0 bridgehead atoms. The quantitative estimate of drug-likeness (QED) is 0.298. The topological polar surface area (TPSA) is 154 Å². The van der Waals surface area contributed by atoms with E-state index in [0.717, 1.165) is 0 Å². The first-order valence-corrected chi connectivity index (χ1v) is 10.1. The highest BCUT2D eigenvalue weighted by Crippen LogP contribution is 2.34. The number of aromatic nitrogens is 6. The zero-order chi connectivity index (χ0) is 22.5. The van der Waals surface area contributed by atoms with Crippen molar-refractivity contribution in [2.24, 2.45) is 0 Å². The summed E-state index contributed by atoms with van der Waals surface area (Å²) < 4.78 is 0. The Morgan fingerprint density at radius 3 is 2.41 bits per heavy atom. The molecule has 0 spiro atoms. The van der Waals surface area contributed by atoms with Gasteiger partial charge in [-0.05, 0) is 18.2 Å². The van der Waals surface area contributed by atoms with Crippen LogP contribution in [0.15, 0.2) is 43.0 Å². The average Bonchev–Trinajstić information content (AvgIpc) is 3.31. The van der Waals surface area contributed by atoms with Gasteiger partial charge in [-0.1, -0.05) is 23.2 Å². The lowest BCUT2D eigenvalue weighted by atomic mass is 10.1. The lowest BCUT2D eigenvalue weighted by molar-refractivity contribution is 0.999. The normalized spacial score (nSPS) is 10.5. The van der Waals surface area contributed by atoms with Gasteiger partial charge in [-0.2, -0.15) is 10.2 Å². The average molecular weight is 467 g/mol. The molecule has 12 heteroatoms. The number of hydrogen-bond acceptors (Lipinski definition) is 9. The molecule has 0 aliphatic carbocycles. The molecule has 5 N–H and O–H groups in total. The Kier molecular flexibility index (Phi) is 6.30. The van der Waals surface area contributed by atoms with Crippen molar-refractivity contribution in [1.29, 1.82) is 5.26 Å². The number of nitrogen functional groups attached to an aromatic ring is 1. The first-order valence-electron chi connectivity index (χ1n) is 9.37. The highest BCUT2D eigenvalue weighted by atomic mass is 35.5. The van der Waals surface area contributed by atoms with E-state index in [1.165, 1.54) is 6.20 Å². The van der Waals surface area contributed by atoms with E-state index < -0.39 is 0 Å². The van der Waals surface area contributed by atoms with Crippen LogP contribution >= 0.6 is 23.2 Å².